The van der Waals surface area contributed by atoms with Crippen LogP contribution < -0.4 is 5.73 Å². The molecule has 3 nitrogen and oxygen atoms in total. The van der Waals surface area contributed by atoms with Gasteiger partial charge in [-0.3, -0.25) is 0 Å². The summed E-state index contributed by atoms with van der Waals surface area (Å²) in [6.07, 6.45) is 0. The molecule has 0 aliphatic rings. The van der Waals surface area contributed by atoms with Crippen molar-refractivity contribution < 1.29 is 9.53 Å². The molecule has 0 heterocycles. The van der Waals surface area contributed by atoms with E-state index in [1.165, 1.54) is 7.11 Å². The van der Waals surface area contributed by atoms with Gasteiger partial charge in [-0.1, -0.05) is 34.7 Å². The van der Waals surface area contributed by atoms with Gasteiger partial charge >= 0.3 is 5.97 Å². The number of hydrogen-bond donors (Lipinski definition) is 1. The SMILES string of the molecule is COC(=O)c1ccc([C@H](N)I)cc1. The number of benzene rings is 1. The van der Waals surface area contributed by atoms with Crippen molar-refractivity contribution in [2.45, 2.75) is 4.05 Å². The molecule has 0 aliphatic heterocycles. The molecule has 4 heteroatoms. The Balaban J connectivity index is 2.87. The molecule has 0 amide bonds. The minimum absolute atomic E-state index is 0.0377. The van der Waals surface area contributed by atoms with Crippen LogP contribution in [0.25, 0.3) is 0 Å². The Morgan fingerprint density at radius 3 is 2.38 bits per heavy atom. The first-order chi connectivity index (χ1) is 6.15. The lowest BCUT2D eigenvalue weighted by Crippen LogP contribution is -2.04. The van der Waals surface area contributed by atoms with Crippen molar-refractivity contribution >= 4 is 28.6 Å². The Labute approximate surface area is 90.4 Å². The van der Waals surface area contributed by atoms with E-state index in [4.69, 9.17) is 5.73 Å². The number of methoxy groups -OCH3 is 1. The van der Waals surface area contributed by atoms with Crippen LogP contribution in [0.15, 0.2) is 24.3 Å². The molecule has 0 aromatic heterocycles. The highest BCUT2D eigenvalue weighted by atomic mass is 127. The van der Waals surface area contributed by atoms with Gasteiger partial charge in [-0.15, -0.1) is 0 Å². The Hall–Kier alpha value is -0.620. The molecule has 13 heavy (non-hydrogen) atoms. The maximum Gasteiger partial charge on any atom is 0.337 e. The largest absolute Gasteiger partial charge is 0.465 e. The number of esters is 1. The number of carbonyl (C=O) groups excluding carboxylic acids is 1. The molecule has 1 aromatic carbocycles. The first-order valence-electron chi connectivity index (χ1n) is 3.73. The summed E-state index contributed by atoms with van der Waals surface area (Å²) in [5.74, 6) is -0.325. The summed E-state index contributed by atoms with van der Waals surface area (Å²) >= 11 is 2.11. The van der Waals surface area contributed by atoms with E-state index < -0.39 is 0 Å². The first-order valence-corrected chi connectivity index (χ1v) is 4.97. The minimum Gasteiger partial charge on any atom is -0.465 e. The van der Waals surface area contributed by atoms with E-state index in [0.29, 0.717) is 5.56 Å². The fourth-order valence-corrected chi connectivity index (χ4v) is 1.34. The second-order valence-electron chi connectivity index (χ2n) is 2.52. The highest BCUT2D eigenvalue weighted by Gasteiger charge is 2.05. The molecule has 2 N–H and O–H groups in total. The quantitative estimate of drug-likeness (QED) is 0.392. The van der Waals surface area contributed by atoms with Gasteiger partial charge in [0.1, 0.15) is 0 Å². The highest BCUT2D eigenvalue weighted by molar-refractivity contribution is 14.1. The molecule has 0 aliphatic carbocycles. The Morgan fingerprint density at radius 2 is 2.00 bits per heavy atom. The van der Waals surface area contributed by atoms with Gasteiger partial charge in [0.25, 0.3) is 0 Å². The predicted octanol–water partition coefficient (Wildman–Crippen LogP) is 1.87. The van der Waals surface area contributed by atoms with Gasteiger partial charge in [0.05, 0.1) is 16.7 Å². The zero-order valence-electron chi connectivity index (χ0n) is 7.16. The van der Waals surface area contributed by atoms with Crippen molar-refractivity contribution in [1.82, 2.24) is 0 Å². The van der Waals surface area contributed by atoms with Crippen LogP contribution in [0.3, 0.4) is 0 Å². The second-order valence-corrected chi connectivity index (χ2v) is 3.86. The van der Waals surface area contributed by atoms with Crippen LogP contribution in [0.2, 0.25) is 0 Å². The van der Waals surface area contributed by atoms with Crippen LogP contribution in [0.1, 0.15) is 20.0 Å². The van der Waals surface area contributed by atoms with Gasteiger partial charge in [-0.05, 0) is 17.7 Å². The lowest BCUT2D eigenvalue weighted by atomic mass is 10.1. The van der Waals surface area contributed by atoms with Crippen LogP contribution in [-0.4, -0.2) is 13.1 Å². The van der Waals surface area contributed by atoms with Crippen LogP contribution in [0.4, 0.5) is 0 Å². The first kappa shape index (κ1) is 10.5. The number of rotatable bonds is 2. The monoisotopic (exact) mass is 291 g/mol. The van der Waals surface area contributed by atoms with Gasteiger partial charge in [0.15, 0.2) is 0 Å². The van der Waals surface area contributed by atoms with Gasteiger partial charge in [0.2, 0.25) is 0 Å². The van der Waals surface area contributed by atoms with Crippen LogP contribution >= 0.6 is 22.6 Å². The van der Waals surface area contributed by atoms with Crippen molar-refractivity contribution in [1.29, 1.82) is 0 Å². The fourth-order valence-electron chi connectivity index (χ4n) is 0.921. The van der Waals surface area contributed by atoms with E-state index in [2.05, 4.69) is 27.3 Å². The Kier molecular flexibility index (Phi) is 3.68. The highest BCUT2D eigenvalue weighted by Crippen LogP contribution is 2.17. The van der Waals surface area contributed by atoms with Gasteiger partial charge in [0, 0.05) is 0 Å². The maximum absolute atomic E-state index is 11.0. The molecular formula is C9H10INO2. The van der Waals surface area contributed by atoms with Crippen molar-refractivity contribution in [3.63, 3.8) is 0 Å². The van der Waals surface area contributed by atoms with Crippen molar-refractivity contribution in [3.05, 3.63) is 35.4 Å². The molecule has 0 saturated carbocycles. The second kappa shape index (κ2) is 4.57. The van der Waals surface area contributed by atoms with Crippen LogP contribution in [0, 0.1) is 0 Å². The summed E-state index contributed by atoms with van der Waals surface area (Å²) in [6, 6.07) is 7.06. The molecule has 70 valence electrons. The molecule has 0 radical (unpaired) electrons. The zero-order valence-corrected chi connectivity index (χ0v) is 9.32. The molecule has 0 spiro atoms. The number of nitrogens with two attached hydrogens (primary N) is 1. The van der Waals surface area contributed by atoms with Gasteiger partial charge in [-0.2, -0.15) is 0 Å². The topological polar surface area (TPSA) is 52.3 Å². The number of ether oxygens (including phenoxy) is 1. The third kappa shape index (κ3) is 2.67. The molecule has 0 fully saturated rings. The summed E-state index contributed by atoms with van der Waals surface area (Å²) in [5.41, 5.74) is 7.18. The minimum atomic E-state index is -0.325. The maximum atomic E-state index is 11.0. The van der Waals surface area contributed by atoms with E-state index >= 15 is 0 Å². The van der Waals surface area contributed by atoms with Crippen molar-refractivity contribution in [2.75, 3.05) is 7.11 Å². The van der Waals surface area contributed by atoms with Crippen molar-refractivity contribution in [2.24, 2.45) is 5.73 Å². The van der Waals surface area contributed by atoms with Crippen LogP contribution in [-0.2, 0) is 4.74 Å². The Morgan fingerprint density at radius 1 is 1.46 bits per heavy atom. The fraction of sp³-hybridized carbons (Fsp3) is 0.222. The van der Waals surface area contributed by atoms with Crippen molar-refractivity contribution in [3.8, 4) is 0 Å². The number of carbonyl (C=O) groups is 1. The summed E-state index contributed by atoms with van der Waals surface area (Å²) < 4.78 is 4.53. The molecule has 0 bridgehead atoms. The summed E-state index contributed by atoms with van der Waals surface area (Å²) in [4.78, 5) is 11.0. The standard InChI is InChI=1S/C9H10INO2/c1-13-9(12)7-4-2-6(3-5-7)8(10)11/h2-5,8H,11H2,1H3/t8-/m0/s1. The molecule has 0 unspecified atom stereocenters. The van der Waals surface area contributed by atoms with Gasteiger partial charge < -0.3 is 10.5 Å². The third-order valence-corrected chi connectivity index (χ3v) is 2.37. The Bertz CT molecular complexity index is 295. The number of hydrogen-bond acceptors (Lipinski definition) is 3. The summed E-state index contributed by atoms with van der Waals surface area (Å²) in [5, 5.41) is 0. The van der Waals surface area contributed by atoms with E-state index in [9.17, 15) is 4.79 Å². The molecule has 1 aromatic rings. The molecule has 1 rings (SSSR count). The molecule has 1 atom stereocenters. The van der Waals surface area contributed by atoms with E-state index in [1.54, 1.807) is 12.1 Å². The lowest BCUT2D eigenvalue weighted by molar-refractivity contribution is 0.0600. The van der Waals surface area contributed by atoms with E-state index in [-0.39, 0.29) is 10.0 Å². The predicted molar refractivity (Wildman–Crippen MR) is 58.7 cm³/mol. The van der Waals surface area contributed by atoms with E-state index in [1.807, 2.05) is 12.1 Å². The third-order valence-electron chi connectivity index (χ3n) is 1.65. The van der Waals surface area contributed by atoms with Crippen LogP contribution in [0.5, 0.6) is 0 Å². The number of alkyl halides is 1. The lowest BCUT2D eigenvalue weighted by Gasteiger charge is -2.04. The summed E-state index contributed by atoms with van der Waals surface area (Å²) in [6.45, 7) is 0. The average Bonchev–Trinajstić information content (AvgIpc) is 2.17. The smallest absolute Gasteiger partial charge is 0.337 e. The normalized spacial score (nSPS) is 12.2. The van der Waals surface area contributed by atoms with E-state index in [0.717, 1.165) is 5.56 Å². The average molecular weight is 291 g/mol. The molecule has 0 saturated heterocycles. The summed E-state index contributed by atoms with van der Waals surface area (Å²) in [7, 11) is 1.36. The number of halogens is 1. The zero-order chi connectivity index (χ0) is 9.84. The van der Waals surface area contributed by atoms with Gasteiger partial charge in [-0.25, -0.2) is 4.79 Å². The molecular weight excluding hydrogens is 281 g/mol.